The summed E-state index contributed by atoms with van der Waals surface area (Å²) in [6.45, 7) is -2.26. The van der Waals surface area contributed by atoms with Gasteiger partial charge in [-0.25, -0.2) is 23.4 Å². The zero-order valence-corrected chi connectivity index (χ0v) is 10.2. The first-order valence-electron chi connectivity index (χ1n) is 5.60. The van der Waals surface area contributed by atoms with Crippen molar-refractivity contribution in [2.45, 2.75) is 5.92 Å². The van der Waals surface area contributed by atoms with Gasteiger partial charge in [-0.15, -0.1) is 0 Å². The highest BCUT2D eigenvalue weighted by Crippen LogP contribution is 2.10. The normalized spacial score (nSPS) is 11.3. The molecule has 7 nitrogen and oxygen atoms in total. The Balaban J connectivity index is 2.01. The van der Waals surface area contributed by atoms with Gasteiger partial charge in [0.05, 0.1) is 12.1 Å². The van der Waals surface area contributed by atoms with Crippen molar-refractivity contribution >= 4 is 5.91 Å². The van der Waals surface area contributed by atoms with E-state index >= 15 is 0 Å². The molecule has 0 aliphatic heterocycles. The molecule has 9 heteroatoms. The van der Waals surface area contributed by atoms with Crippen LogP contribution in [0.25, 0.3) is 5.82 Å². The van der Waals surface area contributed by atoms with Gasteiger partial charge in [-0.05, 0) is 12.1 Å². The van der Waals surface area contributed by atoms with Crippen LogP contribution in [0.5, 0.6) is 0 Å². The zero-order valence-electron chi connectivity index (χ0n) is 10.2. The molecule has 0 fully saturated rings. The lowest BCUT2D eigenvalue weighted by molar-refractivity contribution is -0.0462. The van der Waals surface area contributed by atoms with E-state index in [0.717, 1.165) is 0 Å². The first-order chi connectivity index (χ1) is 9.52. The van der Waals surface area contributed by atoms with Crippen LogP contribution in [0.2, 0.25) is 0 Å². The average Bonchev–Trinajstić information content (AvgIpc) is 2.99. The monoisotopic (exact) mass is 283 g/mol. The molecule has 1 amide bonds. The van der Waals surface area contributed by atoms with Gasteiger partial charge in [0.15, 0.2) is 5.82 Å². The third-order valence-electron chi connectivity index (χ3n) is 2.40. The topological polar surface area (TPSA) is 92.9 Å². The molecular weight excluding hydrogens is 272 g/mol. The first kappa shape index (κ1) is 14.0. The number of nitrogens with zero attached hydrogens (tertiary/aromatic N) is 4. The highest BCUT2D eigenvalue weighted by molar-refractivity contribution is 5.93. The average molecular weight is 283 g/mol. The minimum Gasteiger partial charge on any atom is -0.390 e. The number of aliphatic hydroxyl groups excluding tert-OH is 1. The Labute approximate surface area is 112 Å². The van der Waals surface area contributed by atoms with Crippen LogP contribution in [-0.2, 0) is 0 Å². The van der Waals surface area contributed by atoms with Crippen LogP contribution in [0, 0.1) is 0 Å². The minimum absolute atomic E-state index is 0.127. The summed E-state index contributed by atoms with van der Waals surface area (Å²) in [5.41, 5.74) is 0.127. The van der Waals surface area contributed by atoms with E-state index in [2.05, 4.69) is 15.1 Å². The van der Waals surface area contributed by atoms with Crippen molar-refractivity contribution < 1.29 is 18.7 Å². The Morgan fingerprint density at radius 2 is 2.25 bits per heavy atom. The molecule has 0 saturated heterocycles. The fraction of sp³-hybridized carbons (Fsp3) is 0.273. The highest BCUT2D eigenvalue weighted by Gasteiger charge is 2.28. The Kier molecular flexibility index (Phi) is 3.99. The number of nitrogens with one attached hydrogen (secondary N) is 1. The van der Waals surface area contributed by atoms with Gasteiger partial charge in [0.25, 0.3) is 11.8 Å². The van der Waals surface area contributed by atoms with Crippen molar-refractivity contribution in [2.24, 2.45) is 0 Å². The van der Waals surface area contributed by atoms with Crippen molar-refractivity contribution in [1.82, 2.24) is 25.1 Å². The van der Waals surface area contributed by atoms with Crippen LogP contribution in [-0.4, -0.2) is 49.8 Å². The first-order valence-corrected chi connectivity index (χ1v) is 5.60. The fourth-order valence-corrected chi connectivity index (χ4v) is 1.35. The second kappa shape index (κ2) is 5.70. The number of amides is 1. The van der Waals surface area contributed by atoms with E-state index < -0.39 is 25.0 Å². The van der Waals surface area contributed by atoms with Gasteiger partial charge in [-0.3, -0.25) is 4.79 Å². The van der Waals surface area contributed by atoms with Gasteiger partial charge < -0.3 is 10.4 Å². The Morgan fingerprint density at radius 3 is 2.80 bits per heavy atom. The maximum absolute atomic E-state index is 12.8. The summed E-state index contributed by atoms with van der Waals surface area (Å²) in [7, 11) is 0. The van der Waals surface area contributed by atoms with E-state index in [4.69, 9.17) is 5.11 Å². The number of rotatable bonds is 5. The van der Waals surface area contributed by atoms with Gasteiger partial charge in [-0.1, -0.05) is 0 Å². The number of pyridine rings is 1. The molecule has 0 spiro atoms. The molecule has 0 bridgehead atoms. The van der Waals surface area contributed by atoms with Gasteiger partial charge in [0, 0.05) is 6.20 Å². The molecule has 0 aromatic carbocycles. The minimum atomic E-state index is -3.34. The predicted molar refractivity (Wildman–Crippen MR) is 63.5 cm³/mol. The van der Waals surface area contributed by atoms with Crippen LogP contribution in [0.15, 0.2) is 31.0 Å². The lowest BCUT2D eigenvalue weighted by Crippen LogP contribution is -2.39. The largest absolute Gasteiger partial charge is 0.390 e. The third kappa shape index (κ3) is 3.32. The van der Waals surface area contributed by atoms with Crippen molar-refractivity contribution in [1.29, 1.82) is 0 Å². The van der Waals surface area contributed by atoms with Crippen molar-refractivity contribution in [3.05, 3.63) is 36.5 Å². The molecule has 0 atom stereocenters. The summed E-state index contributed by atoms with van der Waals surface area (Å²) < 4.78 is 27.0. The van der Waals surface area contributed by atoms with E-state index in [1.165, 1.54) is 35.7 Å². The van der Waals surface area contributed by atoms with E-state index in [-0.39, 0.29) is 5.56 Å². The van der Waals surface area contributed by atoms with Crippen LogP contribution in [0.1, 0.15) is 10.4 Å². The summed E-state index contributed by atoms with van der Waals surface area (Å²) in [5.74, 6) is -3.60. The molecular formula is C11H11F2N5O2. The van der Waals surface area contributed by atoms with Gasteiger partial charge in [0.1, 0.15) is 19.3 Å². The smallest absolute Gasteiger partial charge is 0.287 e. The number of aliphatic hydroxyl groups is 1. The molecule has 20 heavy (non-hydrogen) atoms. The summed E-state index contributed by atoms with van der Waals surface area (Å²) >= 11 is 0. The molecule has 0 aliphatic rings. The molecule has 0 aliphatic carbocycles. The number of carbonyl (C=O) groups is 1. The number of hydrogen-bond acceptors (Lipinski definition) is 5. The Bertz CT molecular complexity index is 571. The summed E-state index contributed by atoms with van der Waals surface area (Å²) in [6.07, 6.45) is 4.01. The molecule has 2 N–H and O–H groups in total. The van der Waals surface area contributed by atoms with E-state index in [9.17, 15) is 13.6 Å². The van der Waals surface area contributed by atoms with Crippen LogP contribution in [0.3, 0.4) is 0 Å². The van der Waals surface area contributed by atoms with E-state index in [1.807, 2.05) is 5.32 Å². The molecule has 2 rings (SSSR count). The van der Waals surface area contributed by atoms with Crippen LogP contribution < -0.4 is 5.32 Å². The standard InChI is InChI=1S/C11H11F2N5O2/c12-11(13,5-19)4-16-10(20)8-1-2-9(15-3-8)18-7-14-6-17-18/h1-3,6-7,19H,4-5H2,(H,16,20). The Hall–Kier alpha value is -2.42. The lowest BCUT2D eigenvalue weighted by Gasteiger charge is -2.13. The maximum Gasteiger partial charge on any atom is 0.287 e. The maximum atomic E-state index is 12.8. The van der Waals surface area contributed by atoms with Gasteiger partial charge in [-0.2, -0.15) is 5.10 Å². The van der Waals surface area contributed by atoms with Crippen molar-refractivity contribution in [3.8, 4) is 5.82 Å². The SMILES string of the molecule is O=C(NCC(F)(F)CO)c1ccc(-n2cncn2)nc1. The zero-order chi connectivity index (χ0) is 14.6. The van der Waals surface area contributed by atoms with E-state index in [0.29, 0.717) is 5.82 Å². The van der Waals surface area contributed by atoms with Gasteiger partial charge >= 0.3 is 0 Å². The molecule has 0 unspecified atom stereocenters. The van der Waals surface area contributed by atoms with Crippen molar-refractivity contribution in [3.63, 3.8) is 0 Å². The quantitative estimate of drug-likeness (QED) is 0.807. The second-order valence-electron chi connectivity index (χ2n) is 3.94. The number of hydrogen-bond donors (Lipinski definition) is 2. The number of aromatic nitrogens is 4. The molecule has 106 valence electrons. The molecule has 0 radical (unpaired) electrons. The summed E-state index contributed by atoms with van der Waals surface area (Å²) in [4.78, 5) is 19.3. The summed E-state index contributed by atoms with van der Waals surface area (Å²) in [6, 6.07) is 2.93. The Morgan fingerprint density at radius 1 is 1.45 bits per heavy atom. The van der Waals surface area contributed by atoms with Gasteiger partial charge in [0.2, 0.25) is 0 Å². The summed E-state index contributed by atoms with van der Waals surface area (Å²) in [5, 5.41) is 14.3. The second-order valence-corrected chi connectivity index (χ2v) is 3.94. The fourth-order valence-electron chi connectivity index (χ4n) is 1.35. The number of alkyl halides is 2. The van der Waals surface area contributed by atoms with Crippen LogP contribution >= 0.6 is 0 Å². The number of halogens is 2. The molecule has 0 saturated carbocycles. The lowest BCUT2D eigenvalue weighted by atomic mass is 10.2. The van der Waals surface area contributed by atoms with Crippen LogP contribution in [0.4, 0.5) is 8.78 Å². The molecule has 2 aromatic heterocycles. The predicted octanol–water partition coefficient (Wildman–Crippen LogP) is 0.0197. The highest BCUT2D eigenvalue weighted by atomic mass is 19.3. The van der Waals surface area contributed by atoms with E-state index in [1.54, 1.807) is 0 Å². The molecule has 2 heterocycles. The third-order valence-corrected chi connectivity index (χ3v) is 2.40. The number of carbonyl (C=O) groups excluding carboxylic acids is 1. The molecule has 2 aromatic rings. The van der Waals surface area contributed by atoms with Crippen molar-refractivity contribution in [2.75, 3.05) is 13.2 Å².